The molecule has 0 radical (unpaired) electrons. The largest absolute Gasteiger partial charge is 0.389 e. The van der Waals surface area contributed by atoms with Crippen LogP contribution < -0.4 is 0 Å². The van der Waals surface area contributed by atoms with E-state index in [1.54, 1.807) is 0 Å². The Balaban J connectivity index is 1.95. The van der Waals surface area contributed by atoms with Crippen molar-refractivity contribution in [1.82, 2.24) is 4.90 Å². The van der Waals surface area contributed by atoms with Crippen molar-refractivity contribution in [2.24, 2.45) is 11.8 Å². The van der Waals surface area contributed by atoms with Gasteiger partial charge in [-0.1, -0.05) is 32.6 Å². The summed E-state index contributed by atoms with van der Waals surface area (Å²) in [6.07, 6.45) is 3.11. The third-order valence-corrected chi connectivity index (χ3v) is 6.49. The predicted molar refractivity (Wildman–Crippen MR) is 106 cm³/mol. The van der Waals surface area contributed by atoms with Gasteiger partial charge in [0.25, 0.3) is 0 Å². The SMILES string of the molecule is C=C(CF)C[C@@]1(O)C[C@@H]2c3cc(C)c(C)cc3CCN2C[C@H]1CC(C)C. The molecule has 1 N–H and O–H groups in total. The first-order chi connectivity index (χ1) is 12.2. The standard InChI is InChI=1S/C23H34FNO/c1-15(2)8-20-14-25-7-6-19-9-17(4)18(5)10-21(19)22(25)12-23(20,26)11-16(3)13-24/h9-10,15,20,22,26H,3,6-8,11-14H2,1-2,4-5H3/t20-,22-,23-/m1/s1. The number of aliphatic hydroxyl groups is 1. The Morgan fingerprint density at radius 2 is 2.04 bits per heavy atom. The minimum absolute atomic E-state index is 0.176. The fourth-order valence-electron chi connectivity index (χ4n) is 5.01. The molecule has 1 aromatic carbocycles. The normalized spacial score (nSPS) is 28.7. The zero-order valence-electron chi connectivity index (χ0n) is 16.8. The van der Waals surface area contributed by atoms with Gasteiger partial charge in [0.15, 0.2) is 0 Å². The fourth-order valence-corrected chi connectivity index (χ4v) is 5.01. The molecule has 3 heteroatoms. The van der Waals surface area contributed by atoms with Gasteiger partial charge in [0.2, 0.25) is 0 Å². The van der Waals surface area contributed by atoms with Crippen molar-refractivity contribution in [3.05, 3.63) is 46.5 Å². The Bertz CT molecular complexity index is 683. The predicted octanol–water partition coefficient (Wildman–Crippen LogP) is 4.92. The van der Waals surface area contributed by atoms with Crippen molar-refractivity contribution in [1.29, 1.82) is 0 Å². The summed E-state index contributed by atoms with van der Waals surface area (Å²) in [6.45, 7) is 14.0. The van der Waals surface area contributed by atoms with Crippen molar-refractivity contribution in [2.75, 3.05) is 19.8 Å². The van der Waals surface area contributed by atoms with E-state index in [1.165, 1.54) is 22.3 Å². The second-order valence-corrected chi connectivity index (χ2v) is 9.09. The highest BCUT2D eigenvalue weighted by molar-refractivity contribution is 5.41. The van der Waals surface area contributed by atoms with Gasteiger partial charge >= 0.3 is 0 Å². The summed E-state index contributed by atoms with van der Waals surface area (Å²) in [5, 5.41) is 11.6. The first-order valence-electron chi connectivity index (χ1n) is 10.0. The van der Waals surface area contributed by atoms with Crippen LogP contribution in [0.25, 0.3) is 0 Å². The molecule has 1 saturated heterocycles. The lowest BCUT2D eigenvalue weighted by molar-refractivity contribution is -0.103. The van der Waals surface area contributed by atoms with Crippen LogP contribution in [0.1, 0.15) is 61.4 Å². The summed E-state index contributed by atoms with van der Waals surface area (Å²) in [4.78, 5) is 2.55. The third kappa shape index (κ3) is 3.75. The lowest BCUT2D eigenvalue weighted by Gasteiger charge is -2.52. The number of benzene rings is 1. The molecule has 0 unspecified atom stereocenters. The number of rotatable bonds is 5. The molecule has 0 aliphatic carbocycles. The lowest BCUT2D eigenvalue weighted by Crippen LogP contribution is -2.55. The van der Waals surface area contributed by atoms with Gasteiger partial charge in [-0.05, 0) is 73.3 Å². The molecule has 0 saturated carbocycles. The van der Waals surface area contributed by atoms with Crippen LogP contribution in [0.5, 0.6) is 0 Å². The van der Waals surface area contributed by atoms with Crippen molar-refractivity contribution in [3.8, 4) is 0 Å². The highest BCUT2D eigenvalue weighted by Crippen LogP contribution is 2.47. The molecule has 2 nitrogen and oxygen atoms in total. The maximum atomic E-state index is 13.1. The van der Waals surface area contributed by atoms with Gasteiger partial charge in [0, 0.05) is 25.0 Å². The zero-order valence-corrected chi connectivity index (χ0v) is 16.8. The molecule has 1 aromatic rings. The highest BCUT2D eigenvalue weighted by atomic mass is 19.1. The van der Waals surface area contributed by atoms with E-state index in [1.807, 2.05) is 0 Å². The van der Waals surface area contributed by atoms with Crippen molar-refractivity contribution in [3.63, 3.8) is 0 Å². The van der Waals surface area contributed by atoms with Gasteiger partial charge in [0.05, 0.1) is 5.60 Å². The van der Waals surface area contributed by atoms with E-state index in [-0.39, 0.29) is 12.0 Å². The average Bonchev–Trinajstić information content (AvgIpc) is 2.56. The molecule has 0 bridgehead atoms. The number of hydrogen-bond donors (Lipinski definition) is 1. The highest BCUT2D eigenvalue weighted by Gasteiger charge is 2.47. The maximum absolute atomic E-state index is 13.1. The minimum Gasteiger partial charge on any atom is -0.389 e. The first kappa shape index (κ1) is 19.6. The molecule has 2 aliphatic rings. The van der Waals surface area contributed by atoms with E-state index in [0.29, 0.717) is 24.3 Å². The number of piperidine rings is 1. The number of alkyl halides is 1. The topological polar surface area (TPSA) is 23.5 Å². The number of aryl methyl sites for hydroxylation is 2. The van der Waals surface area contributed by atoms with Crippen LogP contribution in [0.3, 0.4) is 0 Å². The number of hydrogen-bond acceptors (Lipinski definition) is 2. The summed E-state index contributed by atoms with van der Waals surface area (Å²) in [7, 11) is 0. The molecule has 0 amide bonds. The van der Waals surface area contributed by atoms with E-state index < -0.39 is 12.3 Å². The molecule has 26 heavy (non-hydrogen) atoms. The monoisotopic (exact) mass is 359 g/mol. The van der Waals surface area contributed by atoms with Crippen LogP contribution in [0.2, 0.25) is 0 Å². The van der Waals surface area contributed by atoms with Gasteiger partial charge in [-0.25, -0.2) is 4.39 Å². The van der Waals surface area contributed by atoms with Crippen molar-refractivity contribution < 1.29 is 9.50 Å². The fraction of sp³-hybridized carbons (Fsp3) is 0.652. The Hall–Kier alpha value is -1.19. The number of nitrogens with zero attached hydrogens (tertiary/aromatic N) is 1. The molecule has 3 rings (SSSR count). The third-order valence-electron chi connectivity index (χ3n) is 6.49. The number of fused-ring (bicyclic) bond motifs is 3. The summed E-state index contributed by atoms with van der Waals surface area (Å²) in [5.41, 5.74) is 5.10. The Labute approximate surface area is 158 Å². The quantitative estimate of drug-likeness (QED) is 0.755. The van der Waals surface area contributed by atoms with Gasteiger partial charge in [-0.3, -0.25) is 4.90 Å². The molecule has 3 atom stereocenters. The van der Waals surface area contributed by atoms with E-state index >= 15 is 0 Å². The maximum Gasteiger partial charge on any atom is 0.110 e. The van der Waals surface area contributed by atoms with Crippen molar-refractivity contribution in [2.45, 2.75) is 65.0 Å². The van der Waals surface area contributed by atoms with Gasteiger partial charge in [0.1, 0.15) is 6.67 Å². The Kier molecular flexibility index (Phi) is 5.60. The van der Waals surface area contributed by atoms with E-state index in [4.69, 9.17) is 0 Å². The van der Waals surface area contributed by atoms with E-state index in [0.717, 1.165) is 25.9 Å². The first-order valence-corrected chi connectivity index (χ1v) is 10.0. The molecule has 2 aliphatic heterocycles. The summed E-state index contributed by atoms with van der Waals surface area (Å²) < 4.78 is 13.1. The number of halogens is 1. The lowest BCUT2D eigenvalue weighted by atomic mass is 9.68. The Morgan fingerprint density at radius 1 is 1.35 bits per heavy atom. The van der Waals surface area contributed by atoms with Crippen LogP contribution in [0, 0.1) is 25.7 Å². The molecule has 1 fully saturated rings. The zero-order chi connectivity index (χ0) is 19.1. The molecular weight excluding hydrogens is 325 g/mol. The molecule has 144 valence electrons. The van der Waals surface area contributed by atoms with E-state index in [9.17, 15) is 9.50 Å². The summed E-state index contributed by atoms with van der Waals surface area (Å²) >= 11 is 0. The molecular formula is C23H34FNO. The van der Waals surface area contributed by atoms with Crippen LogP contribution in [-0.4, -0.2) is 35.4 Å². The molecule has 0 aromatic heterocycles. The second kappa shape index (κ2) is 7.44. The van der Waals surface area contributed by atoms with E-state index in [2.05, 4.69) is 51.3 Å². The molecule has 0 spiro atoms. The summed E-state index contributed by atoms with van der Waals surface area (Å²) in [6, 6.07) is 4.87. The molecule has 2 heterocycles. The smallest absolute Gasteiger partial charge is 0.110 e. The van der Waals surface area contributed by atoms with Gasteiger partial charge < -0.3 is 5.11 Å². The average molecular weight is 360 g/mol. The Morgan fingerprint density at radius 3 is 2.69 bits per heavy atom. The second-order valence-electron chi connectivity index (χ2n) is 9.09. The van der Waals surface area contributed by atoms with Gasteiger partial charge in [-0.2, -0.15) is 0 Å². The van der Waals surface area contributed by atoms with Crippen LogP contribution in [0.15, 0.2) is 24.3 Å². The minimum atomic E-state index is -0.859. The van der Waals surface area contributed by atoms with Gasteiger partial charge in [-0.15, -0.1) is 0 Å². The van der Waals surface area contributed by atoms with Crippen molar-refractivity contribution >= 4 is 0 Å². The van der Waals surface area contributed by atoms with Crippen LogP contribution in [0.4, 0.5) is 4.39 Å². The van der Waals surface area contributed by atoms with Crippen LogP contribution >= 0.6 is 0 Å². The van der Waals surface area contributed by atoms with Crippen LogP contribution in [-0.2, 0) is 6.42 Å². The summed E-state index contributed by atoms with van der Waals surface area (Å²) in [5.74, 6) is 0.693.